The fraction of sp³-hybridized carbons (Fsp3) is 0.350. The topological polar surface area (TPSA) is 59.2 Å². The van der Waals surface area contributed by atoms with E-state index in [9.17, 15) is 4.79 Å². The van der Waals surface area contributed by atoms with Gasteiger partial charge in [-0.05, 0) is 31.7 Å². The highest BCUT2D eigenvalue weighted by atomic mass is 16.2. The third-order valence-corrected chi connectivity index (χ3v) is 4.97. The smallest absolute Gasteiger partial charge is 0.274 e. The third kappa shape index (κ3) is 3.50. The Kier molecular flexibility index (Phi) is 4.53. The van der Waals surface area contributed by atoms with E-state index in [0.29, 0.717) is 12.2 Å². The SMILES string of the molecule is Cc1ccccc1-n1cc(CN(C)C(=O)c2cc3n(n2)CCN(C)C3)cn1. The summed E-state index contributed by atoms with van der Waals surface area (Å²) in [6, 6.07) is 10.0. The lowest BCUT2D eigenvalue weighted by Gasteiger charge is -2.22. The highest BCUT2D eigenvalue weighted by molar-refractivity contribution is 5.92. The maximum atomic E-state index is 12.8. The summed E-state index contributed by atoms with van der Waals surface area (Å²) in [6.45, 7) is 5.16. The lowest BCUT2D eigenvalue weighted by molar-refractivity contribution is 0.0778. The predicted octanol–water partition coefficient (Wildman–Crippen LogP) is 2.09. The van der Waals surface area contributed by atoms with Crippen molar-refractivity contribution in [3.05, 3.63) is 65.2 Å². The molecule has 0 radical (unpaired) electrons. The zero-order valence-corrected chi connectivity index (χ0v) is 16.0. The van der Waals surface area contributed by atoms with Crippen LogP contribution in [-0.4, -0.2) is 55.9 Å². The van der Waals surface area contributed by atoms with Gasteiger partial charge in [0.15, 0.2) is 5.69 Å². The van der Waals surface area contributed by atoms with Crippen LogP contribution in [0.5, 0.6) is 0 Å². The molecule has 0 saturated carbocycles. The Morgan fingerprint density at radius 1 is 1.26 bits per heavy atom. The molecule has 27 heavy (non-hydrogen) atoms. The number of fused-ring (bicyclic) bond motifs is 1. The molecular formula is C20H24N6O. The van der Waals surface area contributed by atoms with Crippen LogP contribution in [0.15, 0.2) is 42.7 Å². The van der Waals surface area contributed by atoms with Crippen LogP contribution in [0.3, 0.4) is 0 Å². The molecule has 3 heterocycles. The number of carbonyl (C=O) groups excluding carboxylic acids is 1. The van der Waals surface area contributed by atoms with Gasteiger partial charge in [-0.15, -0.1) is 0 Å². The van der Waals surface area contributed by atoms with E-state index in [4.69, 9.17) is 0 Å². The molecule has 3 aromatic rings. The van der Waals surface area contributed by atoms with Crippen molar-refractivity contribution in [2.75, 3.05) is 20.6 Å². The van der Waals surface area contributed by atoms with Gasteiger partial charge in [0.1, 0.15) is 0 Å². The second kappa shape index (κ2) is 7.00. The number of nitrogens with zero attached hydrogens (tertiary/aromatic N) is 6. The molecule has 0 atom stereocenters. The first-order chi connectivity index (χ1) is 13.0. The fourth-order valence-corrected chi connectivity index (χ4v) is 3.44. The van der Waals surface area contributed by atoms with Crippen molar-refractivity contribution in [2.45, 2.75) is 26.6 Å². The molecule has 1 aliphatic rings. The number of amides is 1. The van der Waals surface area contributed by atoms with Gasteiger partial charge < -0.3 is 4.90 Å². The maximum Gasteiger partial charge on any atom is 0.274 e. The van der Waals surface area contributed by atoms with Crippen LogP contribution in [0, 0.1) is 6.92 Å². The highest BCUT2D eigenvalue weighted by Gasteiger charge is 2.21. The van der Waals surface area contributed by atoms with Crippen molar-refractivity contribution in [1.82, 2.24) is 29.4 Å². The molecule has 7 nitrogen and oxygen atoms in total. The first kappa shape index (κ1) is 17.5. The van der Waals surface area contributed by atoms with Gasteiger partial charge in [0, 0.05) is 38.4 Å². The van der Waals surface area contributed by atoms with Crippen molar-refractivity contribution < 1.29 is 4.79 Å². The summed E-state index contributed by atoms with van der Waals surface area (Å²) >= 11 is 0. The van der Waals surface area contributed by atoms with Crippen LogP contribution >= 0.6 is 0 Å². The molecule has 4 rings (SSSR count). The van der Waals surface area contributed by atoms with Gasteiger partial charge in [-0.3, -0.25) is 14.4 Å². The minimum atomic E-state index is -0.0665. The molecule has 0 N–H and O–H groups in total. The molecule has 0 spiro atoms. The summed E-state index contributed by atoms with van der Waals surface area (Å²) < 4.78 is 3.80. The van der Waals surface area contributed by atoms with E-state index in [0.717, 1.165) is 42.1 Å². The van der Waals surface area contributed by atoms with Gasteiger partial charge >= 0.3 is 0 Å². The molecular weight excluding hydrogens is 340 g/mol. The summed E-state index contributed by atoms with van der Waals surface area (Å²) in [5.74, 6) is -0.0665. The molecule has 0 bridgehead atoms. The minimum Gasteiger partial charge on any atom is -0.336 e. The summed E-state index contributed by atoms with van der Waals surface area (Å²) in [6.07, 6.45) is 3.78. The molecule has 7 heteroatoms. The van der Waals surface area contributed by atoms with Crippen LogP contribution < -0.4 is 0 Å². The number of benzene rings is 1. The van der Waals surface area contributed by atoms with Gasteiger partial charge in [0.2, 0.25) is 0 Å². The van der Waals surface area contributed by atoms with Gasteiger partial charge in [-0.2, -0.15) is 10.2 Å². The zero-order valence-electron chi connectivity index (χ0n) is 16.0. The van der Waals surface area contributed by atoms with E-state index < -0.39 is 0 Å². The largest absolute Gasteiger partial charge is 0.336 e. The van der Waals surface area contributed by atoms with Crippen molar-refractivity contribution in [1.29, 1.82) is 0 Å². The number of hydrogen-bond acceptors (Lipinski definition) is 4. The number of aromatic nitrogens is 4. The fourth-order valence-electron chi connectivity index (χ4n) is 3.44. The molecule has 0 saturated heterocycles. The zero-order chi connectivity index (χ0) is 19.0. The van der Waals surface area contributed by atoms with E-state index >= 15 is 0 Å². The molecule has 2 aromatic heterocycles. The summed E-state index contributed by atoms with van der Waals surface area (Å²) in [7, 11) is 3.88. The third-order valence-electron chi connectivity index (χ3n) is 4.97. The molecule has 1 amide bonds. The van der Waals surface area contributed by atoms with Gasteiger partial charge in [-0.25, -0.2) is 4.68 Å². The second-order valence-corrected chi connectivity index (χ2v) is 7.22. The average molecular weight is 364 g/mol. The number of rotatable bonds is 4. The van der Waals surface area contributed by atoms with Crippen LogP contribution in [0.2, 0.25) is 0 Å². The van der Waals surface area contributed by atoms with Crippen LogP contribution in [-0.2, 0) is 19.6 Å². The van der Waals surface area contributed by atoms with Gasteiger partial charge in [0.05, 0.1) is 24.1 Å². The Balaban J connectivity index is 1.47. The average Bonchev–Trinajstić information content (AvgIpc) is 3.28. The highest BCUT2D eigenvalue weighted by Crippen LogP contribution is 2.16. The Bertz CT molecular complexity index is 973. The van der Waals surface area contributed by atoms with E-state index in [1.807, 2.05) is 46.0 Å². The lowest BCUT2D eigenvalue weighted by atomic mass is 10.2. The van der Waals surface area contributed by atoms with Crippen molar-refractivity contribution in [3.8, 4) is 5.69 Å². The number of hydrogen-bond donors (Lipinski definition) is 0. The first-order valence-electron chi connectivity index (χ1n) is 9.11. The molecule has 0 fully saturated rings. The number of para-hydroxylation sites is 1. The predicted molar refractivity (Wildman–Crippen MR) is 103 cm³/mol. The Labute approximate surface area is 158 Å². The summed E-state index contributed by atoms with van der Waals surface area (Å²) in [5, 5.41) is 8.94. The number of aryl methyl sites for hydroxylation is 1. The summed E-state index contributed by atoms with van der Waals surface area (Å²) in [4.78, 5) is 16.7. The summed E-state index contributed by atoms with van der Waals surface area (Å²) in [5.41, 5.74) is 4.79. The minimum absolute atomic E-state index is 0.0665. The van der Waals surface area contributed by atoms with E-state index in [1.165, 1.54) is 0 Å². The van der Waals surface area contributed by atoms with E-state index in [-0.39, 0.29) is 5.91 Å². The van der Waals surface area contributed by atoms with Crippen molar-refractivity contribution in [3.63, 3.8) is 0 Å². The van der Waals surface area contributed by atoms with E-state index in [2.05, 4.69) is 35.1 Å². The van der Waals surface area contributed by atoms with Crippen molar-refractivity contribution >= 4 is 5.91 Å². The monoisotopic (exact) mass is 364 g/mol. The lowest BCUT2D eigenvalue weighted by Crippen LogP contribution is -2.30. The number of likely N-dealkylation sites (N-methyl/N-ethyl adjacent to an activating group) is 1. The maximum absolute atomic E-state index is 12.8. The molecule has 1 aliphatic heterocycles. The molecule has 0 unspecified atom stereocenters. The normalized spacial score (nSPS) is 14.2. The quantitative estimate of drug-likeness (QED) is 0.711. The van der Waals surface area contributed by atoms with E-state index in [1.54, 1.807) is 11.9 Å². The van der Waals surface area contributed by atoms with Crippen LogP contribution in [0.1, 0.15) is 27.3 Å². The van der Waals surface area contributed by atoms with Gasteiger partial charge in [-0.1, -0.05) is 18.2 Å². The Morgan fingerprint density at radius 3 is 2.89 bits per heavy atom. The molecule has 1 aromatic carbocycles. The van der Waals surface area contributed by atoms with Crippen LogP contribution in [0.4, 0.5) is 0 Å². The molecule has 0 aliphatic carbocycles. The van der Waals surface area contributed by atoms with Crippen molar-refractivity contribution in [2.24, 2.45) is 0 Å². The van der Waals surface area contributed by atoms with Gasteiger partial charge in [0.25, 0.3) is 5.91 Å². The number of carbonyl (C=O) groups is 1. The van der Waals surface area contributed by atoms with Crippen LogP contribution in [0.25, 0.3) is 5.69 Å². The standard InChI is InChI=1S/C20H24N6O/c1-15-6-4-5-7-19(15)26-13-16(11-21-26)12-24(3)20(27)18-10-17-14-23(2)8-9-25(17)22-18/h4-7,10-11,13H,8-9,12,14H2,1-3H3. The Morgan fingerprint density at radius 2 is 2.07 bits per heavy atom. The molecule has 140 valence electrons. The first-order valence-corrected chi connectivity index (χ1v) is 9.11. The second-order valence-electron chi connectivity index (χ2n) is 7.22. The Hall–Kier alpha value is -2.93.